The number of hydrogen-bond donors (Lipinski definition) is 1. The fourth-order valence-electron chi connectivity index (χ4n) is 5.64. The molecule has 6 heteroatoms. The Hall–Kier alpha value is -2.63. The number of allylic oxidation sites excluding steroid dienone is 2. The molecule has 33 heavy (non-hydrogen) atoms. The molecule has 4 rings (SSSR count). The molecule has 178 valence electrons. The molecule has 5 nitrogen and oxygen atoms in total. The van der Waals surface area contributed by atoms with Crippen molar-refractivity contribution in [2.45, 2.75) is 70.9 Å². The summed E-state index contributed by atoms with van der Waals surface area (Å²) in [6.45, 7) is 4.36. The zero-order valence-corrected chi connectivity index (χ0v) is 19.7. The highest BCUT2D eigenvalue weighted by molar-refractivity contribution is 5.96. The lowest BCUT2D eigenvalue weighted by Crippen LogP contribution is -2.54. The van der Waals surface area contributed by atoms with Crippen LogP contribution in [0.2, 0.25) is 0 Å². The van der Waals surface area contributed by atoms with Gasteiger partial charge in [-0.15, -0.1) is 0 Å². The van der Waals surface area contributed by atoms with Gasteiger partial charge < -0.3 is 15.0 Å². The Bertz CT molecular complexity index is 915. The van der Waals surface area contributed by atoms with Crippen molar-refractivity contribution in [3.63, 3.8) is 0 Å². The van der Waals surface area contributed by atoms with Crippen LogP contribution in [0.25, 0.3) is 0 Å². The van der Waals surface area contributed by atoms with Gasteiger partial charge in [-0.05, 0) is 63.7 Å². The fraction of sp³-hybridized carbons (Fsp3) is 0.556. The van der Waals surface area contributed by atoms with Crippen molar-refractivity contribution in [3.8, 4) is 0 Å². The van der Waals surface area contributed by atoms with Crippen molar-refractivity contribution in [2.24, 2.45) is 11.8 Å². The standard InChI is InChI=1S/C27H35FN2O3/c1-3-33-27(32)22-11-7-17-30(26(31)24-18(2)8-6-12-23(24)28)25(22)19-13-15-21(16-14-19)29-20-9-4-5-10-20/h6,8,12-13,15-16,19-20,22,25,29H,3-5,7,9-11,14,17H2,1-2H3/t19-,22+,25?/m1/s1. The van der Waals surface area contributed by atoms with Gasteiger partial charge in [0, 0.05) is 24.2 Å². The van der Waals surface area contributed by atoms with Gasteiger partial charge in [0.2, 0.25) is 0 Å². The van der Waals surface area contributed by atoms with Gasteiger partial charge in [0.05, 0.1) is 24.1 Å². The van der Waals surface area contributed by atoms with Crippen LogP contribution in [-0.2, 0) is 9.53 Å². The molecule has 1 amide bonds. The average Bonchev–Trinajstić information content (AvgIpc) is 3.32. The number of nitrogens with zero attached hydrogens (tertiary/aromatic N) is 1. The van der Waals surface area contributed by atoms with Gasteiger partial charge in [-0.3, -0.25) is 9.59 Å². The van der Waals surface area contributed by atoms with Crippen molar-refractivity contribution >= 4 is 11.9 Å². The fourth-order valence-corrected chi connectivity index (χ4v) is 5.64. The molecule has 1 aliphatic heterocycles. The first-order chi connectivity index (χ1) is 16.0. The number of carbonyl (C=O) groups is 2. The summed E-state index contributed by atoms with van der Waals surface area (Å²) in [6, 6.07) is 4.87. The van der Waals surface area contributed by atoms with Crippen molar-refractivity contribution < 1.29 is 18.7 Å². The van der Waals surface area contributed by atoms with Crippen LogP contribution in [0.5, 0.6) is 0 Å². The molecule has 1 unspecified atom stereocenters. The minimum Gasteiger partial charge on any atom is -0.466 e. The number of esters is 1. The van der Waals surface area contributed by atoms with E-state index in [0.717, 1.165) is 12.1 Å². The molecule has 3 aliphatic rings. The SMILES string of the molecule is CCOC(=O)[C@H]1CCCN(C(=O)c2c(C)cccc2F)C1[C@@H]1C=CC(NC2CCCC2)=CC1. The van der Waals surface area contributed by atoms with E-state index in [1.165, 1.54) is 31.7 Å². The maximum absolute atomic E-state index is 14.7. The number of ether oxygens (including phenoxy) is 1. The maximum atomic E-state index is 14.7. The lowest BCUT2D eigenvalue weighted by atomic mass is 9.77. The van der Waals surface area contributed by atoms with Crippen molar-refractivity contribution in [2.75, 3.05) is 13.2 Å². The molecule has 3 atom stereocenters. The van der Waals surface area contributed by atoms with E-state index in [1.54, 1.807) is 30.9 Å². The van der Waals surface area contributed by atoms with Crippen LogP contribution in [0.4, 0.5) is 4.39 Å². The zero-order valence-electron chi connectivity index (χ0n) is 19.7. The van der Waals surface area contributed by atoms with Crippen LogP contribution < -0.4 is 5.32 Å². The maximum Gasteiger partial charge on any atom is 0.311 e. The molecule has 0 bridgehead atoms. The number of likely N-dealkylation sites (tertiary alicyclic amines) is 1. The first-order valence-corrected chi connectivity index (χ1v) is 12.4. The molecule has 2 fully saturated rings. The molecule has 0 aromatic heterocycles. The van der Waals surface area contributed by atoms with Gasteiger partial charge in [0.15, 0.2) is 0 Å². The van der Waals surface area contributed by atoms with E-state index in [4.69, 9.17) is 4.74 Å². The Balaban J connectivity index is 1.59. The van der Waals surface area contributed by atoms with Crippen molar-refractivity contribution in [1.82, 2.24) is 10.2 Å². The zero-order chi connectivity index (χ0) is 23.4. The predicted molar refractivity (Wildman–Crippen MR) is 126 cm³/mol. The summed E-state index contributed by atoms with van der Waals surface area (Å²) in [6.07, 6.45) is 13.4. The molecule has 0 radical (unpaired) electrons. The Kier molecular flexibility index (Phi) is 7.51. The second kappa shape index (κ2) is 10.5. The first kappa shape index (κ1) is 23.5. The van der Waals surface area contributed by atoms with Crippen LogP contribution >= 0.6 is 0 Å². The molecule has 1 aromatic rings. The molecule has 1 saturated heterocycles. The smallest absolute Gasteiger partial charge is 0.311 e. The molecule has 1 saturated carbocycles. The highest BCUT2D eigenvalue weighted by atomic mass is 19.1. The minimum absolute atomic E-state index is 0.0233. The Morgan fingerprint density at radius 3 is 2.64 bits per heavy atom. The van der Waals surface area contributed by atoms with E-state index >= 15 is 0 Å². The van der Waals surface area contributed by atoms with E-state index < -0.39 is 11.7 Å². The third kappa shape index (κ3) is 5.15. The lowest BCUT2D eigenvalue weighted by molar-refractivity contribution is -0.152. The number of piperidine rings is 1. The third-order valence-corrected chi connectivity index (χ3v) is 7.27. The molecule has 1 aromatic carbocycles. The summed E-state index contributed by atoms with van der Waals surface area (Å²) in [5.74, 6) is -1.56. The number of nitrogens with one attached hydrogen (secondary N) is 1. The predicted octanol–water partition coefficient (Wildman–Crippen LogP) is 4.91. The number of rotatable bonds is 6. The van der Waals surface area contributed by atoms with Crippen LogP contribution in [0.3, 0.4) is 0 Å². The number of aryl methyl sites for hydroxylation is 1. The summed E-state index contributed by atoms with van der Waals surface area (Å²) in [4.78, 5) is 28.2. The second-order valence-electron chi connectivity index (χ2n) is 9.47. The highest BCUT2D eigenvalue weighted by Crippen LogP contribution is 2.36. The number of benzene rings is 1. The second-order valence-corrected chi connectivity index (χ2v) is 9.47. The van der Waals surface area contributed by atoms with Gasteiger partial charge in [-0.2, -0.15) is 0 Å². The van der Waals surface area contributed by atoms with E-state index in [9.17, 15) is 14.0 Å². The van der Waals surface area contributed by atoms with Gasteiger partial charge in [-0.1, -0.05) is 37.1 Å². The molecule has 2 aliphatic carbocycles. The Labute approximate surface area is 196 Å². The number of halogens is 1. The number of hydrogen-bond acceptors (Lipinski definition) is 4. The Morgan fingerprint density at radius 1 is 1.18 bits per heavy atom. The van der Waals surface area contributed by atoms with Crippen LogP contribution in [0.1, 0.15) is 67.8 Å². The van der Waals surface area contributed by atoms with Gasteiger partial charge >= 0.3 is 5.97 Å². The quantitative estimate of drug-likeness (QED) is 0.621. The summed E-state index contributed by atoms with van der Waals surface area (Å²) >= 11 is 0. The number of carbonyl (C=O) groups excluding carboxylic acids is 2. The van der Waals surface area contributed by atoms with E-state index in [-0.39, 0.29) is 29.4 Å². The lowest BCUT2D eigenvalue weighted by Gasteiger charge is -2.44. The monoisotopic (exact) mass is 454 g/mol. The highest BCUT2D eigenvalue weighted by Gasteiger charge is 2.43. The average molecular weight is 455 g/mol. The van der Waals surface area contributed by atoms with Gasteiger partial charge in [0.25, 0.3) is 5.91 Å². The van der Waals surface area contributed by atoms with Crippen molar-refractivity contribution in [1.29, 1.82) is 0 Å². The third-order valence-electron chi connectivity index (χ3n) is 7.27. The Morgan fingerprint density at radius 2 is 1.97 bits per heavy atom. The number of amides is 1. The summed E-state index contributed by atoms with van der Waals surface area (Å²) in [5.41, 5.74) is 1.83. The summed E-state index contributed by atoms with van der Waals surface area (Å²) in [7, 11) is 0. The van der Waals surface area contributed by atoms with E-state index in [1.807, 2.05) is 0 Å². The van der Waals surface area contributed by atoms with Crippen LogP contribution in [0, 0.1) is 24.6 Å². The van der Waals surface area contributed by atoms with Crippen molar-refractivity contribution in [3.05, 3.63) is 59.1 Å². The summed E-state index contributed by atoms with van der Waals surface area (Å²) < 4.78 is 20.1. The molecule has 0 spiro atoms. The molecular formula is C27H35FN2O3. The van der Waals surface area contributed by atoms with Gasteiger partial charge in [-0.25, -0.2) is 4.39 Å². The minimum atomic E-state index is -0.515. The first-order valence-electron chi connectivity index (χ1n) is 12.4. The van der Waals surface area contributed by atoms with Crippen LogP contribution in [0.15, 0.2) is 42.1 Å². The molecule has 1 N–H and O–H groups in total. The van der Waals surface area contributed by atoms with E-state index in [2.05, 4.69) is 23.5 Å². The normalized spacial score (nSPS) is 25.6. The van der Waals surface area contributed by atoms with E-state index in [0.29, 0.717) is 37.6 Å². The van der Waals surface area contributed by atoms with Crippen LogP contribution in [-0.4, -0.2) is 42.0 Å². The largest absolute Gasteiger partial charge is 0.466 e. The molecule has 1 heterocycles. The summed E-state index contributed by atoms with van der Waals surface area (Å²) in [5, 5.41) is 3.62. The van der Waals surface area contributed by atoms with Gasteiger partial charge in [0.1, 0.15) is 5.82 Å². The molecular weight excluding hydrogens is 419 g/mol. The topological polar surface area (TPSA) is 58.6 Å².